The zero-order valence-electron chi connectivity index (χ0n) is 15.0. The molecule has 3 rings (SSSR count). The third kappa shape index (κ3) is 4.46. The zero-order valence-corrected chi connectivity index (χ0v) is 15.0. The van der Waals surface area contributed by atoms with E-state index >= 15 is 0 Å². The molecule has 0 radical (unpaired) electrons. The van der Waals surface area contributed by atoms with Gasteiger partial charge in [0, 0.05) is 52.7 Å². The second kappa shape index (κ2) is 7.49. The van der Waals surface area contributed by atoms with Crippen LogP contribution in [0.25, 0.3) is 0 Å². The highest BCUT2D eigenvalue weighted by atomic mass is 16.1. The minimum atomic E-state index is 0.118. The van der Waals surface area contributed by atoms with Crippen molar-refractivity contribution in [2.24, 2.45) is 11.3 Å². The highest BCUT2D eigenvalue weighted by molar-refractivity contribution is 5.72. The number of amides is 1. The van der Waals surface area contributed by atoms with Gasteiger partial charge < -0.3 is 15.1 Å². The first-order valence-electron chi connectivity index (χ1n) is 9.53. The van der Waals surface area contributed by atoms with Gasteiger partial charge in [0.15, 0.2) is 0 Å². The van der Waals surface area contributed by atoms with Crippen molar-refractivity contribution in [1.82, 2.24) is 20.0 Å². The number of nitrogens with zero attached hydrogens (tertiary/aromatic N) is 3. The Kier molecular flexibility index (Phi) is 5.60. The maximum absolute atomic E-state index is 11.0. The van der Waals surface area contributed by atoms with Gasteiger partial charge in [-0.1, -0.05) is 6.92 Å². The van der Waals surface area contributed by atoms with Crippen LogP contribution >= 0.6 is 0 Å². The number of likely N-dealkylation sites (N-methyl/N-ethyl adjacent to an activating group) is 1. The Morgan fingerprint density at radius 2 is 1.57 bits per heavy atom. The molecule has 5 heteroatoms. The van der Waals surface area contributed by atoms with Crippen molar-refractivity contribution in [3.05, 3.63) is 0 Å². The van der Waals surface area contributed by atoms with E-state index in [0.29, 0.717) is 5.41 Å². The van der Waals surface area contributed by atoms with Crippen molar-refractivity contribution in [2.75, 3.05) is 65.4 Å². The molecule has 2 saturated heterocycles. The van der Waals surface area contributed by atoms with Gasteiger partial charge >= 0.3 is 0 Å². The average molecular weight is 322 g/mol. The quantitative estimate of drug-likeness (QED) is 0.787. The Morgan fingerprint density at radius 3 is 2.13 bits per heavy atom. The fraction of sp³-hybridized carbons (Fsp3) is 0.944. The molecule has 5 nitrogen and oxygen atoms in total. The molecule has 1 N–H and O–H groups in total. The van der Waals surface area contributed by atoms with Crippen LogP contribution < -0.4 is 5.32 Å². The second-order valence-electron chi connectivity index (χ2n) is 7.82. The SMILES string of the molecule is CCN1CCN(CCN2CCC3(CC2)CC3CNC(C)=O)CC1. The number of piperazine rings is 1. The van der Waals surface area contributed by atoms with Crippen molar-refractivity contribution >= 4 is 5.91 Å². The van der Waals surface area contributed by atoms with Gasteiger partial charge in [0.2, 0.25) is 5.91 Å². The van der Waals surface area contributed by atoms with Crippen LogP contribution in [0.3, 0.4) is 0 Å². The molecular formula is C18H34N4O. The summed E-state index contributed by atoms with van der Waals surface area (Å²) in [6.07, 6.45) is 4.00. The molecule has 1 saturated carbocycles. The first-order valence-corrected chi connectivity index (χ1v) is 9.53. The minimum absolute atomic E-state index is 0.118. The van der Waals surface area contributed by atoms with E-state index in [2.05, 4.69) is 26.9 Å². The highest BCUT2D eigenvalue weighted by Crippen LogP contribution is 2.58. The van der Waals surface area contributed by atoms with Gasteiger partial charge in [-0.25, -0.2) is 0 Å². The molecule has 0 aromatic heterocycles. The molecule has 1 amide bonds. The van der Waals surface area contributed by atoms with E-state index in [0.717, 1.165) is 12.5 Å². The van der Waals surface area contributed by atoms with Crippen LogP contribution in [0.1, 0.15) is 33.1 Å². The standard InChI is InChI=1S/C18H34N4O/c1-3-20-8-10-22(11-9-20)13-12-21-6-4-18(5-7-21)14-17(18)15-19-16(2)23/h17H,3-15H2,1-2H3,(H,19,23). The normalized spacial score (nSPS) is 28.9. The summed E-state index contributed by atoms with van der Waals surface area (Å²) >= 11 is 0. The average Bonchev–Trinajstić information content (AvgIpc) is 3.25. The lowest BCUT2D eigenvalue weighted by Gasteiger charge is -2.37. The molecule has 1 unspecified atom stereocenters. The smallest absolute Gasteiger partial charge is 0.216 e. The van der Waals surface area contributed by atoms with Crippen LogP contribution in [-0.2, 0) is 4.79 Å². The van der Waals surface area contributed by atoms with Gasteiger partial charge in [-0.15, -0.1) is 0 Å². The summed E-state index contributed by atoms with van der Waals surface area (Å²) in [4.78, 5) is 18.9. The van der Waals surface area contributed by atoms with Crippen molar-refractivity contribution in [1.29, 1.82) is 0 Å². The van der Waals surface area contributed by atoms with E-state index in [1.54, 1.807) is 6.92 Å². The van der Waals surface area contributed by atoms with E-state index in [-0.39, 0.29) is 5.91 Å². The second-order valence-corrected chi connectivity index (χ2v) is 7.82. The van der Waals surface area contributed by atoms with E-state index < -0.39 is 0 Å². The van der Waals surface area contributed by atoms with Gasteiger partial charge in [0.1, 0.15) is 0 Å². The molecule has 1 atom stereocenters. The summed E-state index contributed by atoms with van der Waals surface area (Å²) in [5, 5.41) is 3.00. The maximum Gasteiger partial charge on any atom is 0.216 e. The summed E-state index contributed by atoms with van der Waals surface area (Å²) in [6.45, 7) is 15.9. The number of piperidine rings is 1. The molecule has 2 aliphatic heterocycles. The van der Waals surface area contributed by atoms with Gasteiger partial charge in [0.05, 0.1) is 0 Å². The van der Waals surface area contributed by atoms with Crippen LogP contribution in [0.15, 0.2) is 0 Å². The first-order chi connectivity index (χ1) is 11.1. The van der Waals surface area contributed by atoms with Crippen LogP contribution in [0, 0.1) is 11.3 Å². The van der Waals surface area contributed by atoms with Crippen molar-refractivity contribution in [2.45, 2.75) is 33.1 Å². The third-order valence-corrected chi connectivity index (χ3v) is 6.45. The number of hydrogen-bond donors (Lipinski definition) is 1. The van der Waals surface area contributed by atoms with E-state index in [9.17, 15) is 4.79 Å². The molecule has 3 fully saturated rings. The molecule has 1 spiro atoms. The van der Waals surface area contributed by atoms with Crippen LogP contribution in [-0.4, -0.2) is 86.1 Å². The topological polar surface area (TPSA) is 38.8 Å². The zero-order chi connectivity index (χ0) is 16.3. The Morgan fingerprint density at radius 1 is 1.00 bits per heavy atom. The predicted octanol–water partition coefficient (Wildman–Crippen LogP) is 0.862. The number of hydrogen-bond acceptors (Lipinski definition) is 4. The highest BCUT2D eigenvalue weighted by Gasteiger charge is 2.54. The van der Waals surface area contributed by atoms with Crippen molar-refractivity contribution in [3.63, 3.8) is 0 Å². The molecule has 0 aromatic rings. The summed E-state index contributed by atoms with van der Waals surface area (Å²) < 4.78 is 0. The Bertz CT molecular complexity index is 398. The number of nitrogens with one attached hydrogen (secondary N) is 1. The maximum atomic E-state index is 11.0. The van der Waals surface area contributed by atoms with Crippen LogP contribution in [0.5, 0.6) is 0 Å². The van der Waals surface area contributed by atoms with Crippen LogP contribution in [0.2, 0.25) is 0 Å². The fourth-order valence-electron chi connectivity index (χ4n) is 4.43. The first kappa shape index (κ1) is 17.2. The van der Waals surface area contributed by atoms with Crippen LogP contribution in [0.4, 0.5) is 0 Å². The molecular weight excluding hydrogens is 288 g/mol. The van der Waals surface area contributed by atoms with Crippen molar-refractivity contribution in [3.8, 4) is 0 Å². The Labute approximate surface area is 141 Å². The van der Waals surface area contributed by atoms with Gasteiger partial charge in [-0.2, -0.15) is 0 Å². The van der Waals surface area contributed by atoms with E-state index in [1.165, 1.54) is 78.2 Å². The Hall–Kier alpha value is -0.650. The van der Waals surface area contributed by atoms with E-state index in [4.69, 9.17) is 0 Å². The third-order valence-electron chi connectivity index (χ3n) is 6.45. The summed E-state index contributed by atoms with van der Waals surface area (Å²) in [6, 6.07) is 0. The lowest BCUT2D eigenvalue weighted by atomic mass is 9.91. The summed E-state index contributed by atoms with van der Waals surface area (Å²) in [5.74, 6) is 0.864. The molecule has 2 heterocycles. The summed E-state index contributed by atoms with van der Waals surface area (Å²) in [7, 11) is 0. The predicted molar refractivity (Wildman–Crippen MR) is 93.5 cm³/mol. The van der Waals surface area contributed by atoms with Crippen molar-refractivity contribution < 1.29 is 4.79 Å². The van der Waals surface area contributed by atoms with E-state index in [1.807, 2.05) is 0 Å². The lowest BCUT2D eigenvalue weighted by molar-refractivity contribution is -0.119. The van der Waals surface area contributed by atoms with Gasteiger partial charge in [-0.3, -0.25) is 9.69 Å². The number of carbonyl (C=O) groups is 1. The number of likely N-dealkylation sites (tertiary alicyclic amines) is 1. The fourth-order valence-corrected chi connectivity index (χ4v) is 4.43. The largest absolute Gasteiger partial charge is 0.356 e. The molecule has 3 aliphatic rings. The molecule has 23 heavy (non-hydrogen) atoms. The molecule has 0 bridgehead atoms. The number of rotatable bonds is 6. The monoisotopic (exact) mass is 322 g/mol. The number of carbonyl (C=O) groups excluding carboxylic acids is 1. The molecule has 1 aliphatic carbocycles. The minimum Gasteiger partial charge on any atom is -0.356 e. The Balaban J connectivity index is 1.31. The summed E-state index contributed by atoms with van der Waals surface area (Å²) in [5.41, 5.74) is 0.575. The van der Waals surface area contributed by atoms with Gasteiger partial charge in [-0.05, 0) is 50.2 Å². The molecule has 132 valence electrons. The molecule has 0 aromatic carbocycles. The van der Waals surface area contributed by atoms with Gasteiger partial charge in [0.25, 0.3) is 0 Å². The lowest BCUT2D eigenvalue weighted by Crippen LogP contribution is -2.49.